The standard InChI is InChI=1S/C21H16N4O3/c26-14-24(17-5-2-9-22-13-17)15-3-1-4-16(11-15)25-20(8-10-23-25)19-7-6-18(27)12-21(19)28/h1-14,27-28H. The van der Waals surface area contributed by atoms with Gasteiger partial charge in [0.05, 0.1) is 35.1 Å². The quantitative estimate of drug-likeness (QED) is 0.522. The Hall–Kier alpha value is -4.13. The molecule has 0 radical (unpaired) electrons. The van der Waals surface area contributed by atoms with Crippen LogP contribution in [0.5, 0.6) is 11.5 Å². The van der Waals surface area contributed by atoms with E-state index in [4.69, 9.17) is 0 Å². The number of carbonyl (C=O) groups is 1. The van der Waals surface area contributed by atoms with Crippen LogP contribution in [0.25, 0.3) is 16.9 Å². The molecule has 0 aliphatic heterocycles. The Balaban J connectivity index is 1.77. The van der Waals surface area contributed by atoms with E-state index in [-0.39, 0.29) is 11.5 Å². The predicted molar refractivity (Wildman–Crippen MR) is 105 cm³/mol. The van der Waals surface area contributed by atoms with E-state index in [1.165, 1.54) is 17.0 Å². The highest BCUT2D eigenvalue weighted by molar-refractivity contribution is 5.86. The summed E-state index contributed by atoms with van der Waals surface area (Å²) >= 11 is 0. The molecule has 2 heterocycles. The second-order valence-corrected chi connectivity index (χ2v) is 6.04. The molecule has 0 unspecified atom stereocenters. The van der Waals surface area contributed by atoms with Crippen LogP contribution in [0.4, 0.5) is 11.4 Å². The highest BCUT2D eigenvalue weighted by Gasteiger charge is 2.14. The fourth-order valence-corrected chi connectivity index (χ4v) is 2.99. The van der Waals surface area contributed by atoms with Gasteiger partial charge in [0, 0.05) is 17.8 Å². The van der Waals surface area contributed by atoms with Crippen molar-refractivity contribution in [1.82, 2.24) is 14.8 Å². The number of hydrogen-bond acceptors (Lipinski definition) is 5. The van der Waals surface area contributed by atoms with Crippen molar-refractivity contribution in [2.45, 2.75) is 0 Å². The lowest BCUT2D eigenvalue weighted by Gasteiger charge is -2.18. The molecule has 7 heteroatoms. The first kappa shape index (κ1) is 17.3. The number of phenols is 2. The largest absolute Gasteiger partial charge is 0.508 e. The van der Waals surface area contributed by atoms with Crippen molar-refractivity contribution in [3.8, 4) is 28.4 Å². The molecule has 0 fully saturated rings. The van der Waals surface area contributed by atoms with E-state index in [1.807, 2.05) is 24.3 Å². The van der Waals surface area contributed by atoms with Crippen molar-refractivity contribution in [1.29, 1.82) is 0 Å². The summed E-state index contributed by atoms with van der Waals surface area (Å²) in [6, 6.07) is 17.0. The van der Waals surface area contributed by atoms with Gasteiger partial charge in [-0.3, -0.25) is 14.7 Å². The summed E-state index contributed by atoms with van der Waals surface area (Å²) < 4.78 is 1.65. The third-order valence-electron chi connectivity index (χ3n) is 4.28. The van der Waals surface area contributed by atoms with Crippen LogP contribution >= 0.6 is 0 Å². The molecule has 4 aromatic rings. The normalized spacial score (nSPS) is 10.6. The van der Waals surface area contributed by atoms with Gasteiger partial charge in [0.25, 0.3) is 0 Å². The Kier molecular flexibility index (Phi) is 4.47. The second-order valence-electron chi connectivity index (χ2n) is 6.04. The number of aromatic hydroxyl groups is 2. The average molecular weight is 372 g/mol. The maximum absolute atomic E-state index is 11.7. The molecule has 2 aromatic heterocycles. The zero-order valence-electron chi connectivity index (χ0n) is 14.7. The van der Waals surface area contributed by atoms with Gasteiger partial charge in [-0.15, -0.1) is 0 Å². The Bertz CT molecular complexity index is 1130. The van der Waals surface area contributed by atoms with Crippen molar-refractivity contribution in [2.24, 2.45) is 0 Å². The van der Waals surface area contributed by atoms with E-state index >= 15 is 0 Å². The lowest BCUT2D eigenvalue weighted by atomic mass is 10.1. The Morgan fingerprint density at radius 2 is 1.79 bits per heavy atom. The van der Waals surface area contributed by atoms with E-state index in [2.05, 4.69) is 10.1 Å². The highest BCUT2D eigenvalue weighted by atomic mass is 16.3. The molecule has 0 atom stereocenters. The van der Waals surface area contributed by atoms with Crippen molar-refractivity contribution in [2.75, 3.05) is 4.90 Å². The van der Waals surface area contributed by atoms with E-state index in [9.17, 15) is 15.0 Å². The number of pyridine rings is 1. The van der Waals surface area contributed by atoms with Crippen LogP contribution < -0.4 is 4.90 Å². The fraction of sp³-hybridized carbons (Fsp3) is 0. The minimum atomic E-state index is -0.0530. The molecule has 1 amide bonds. The molecule has 0 aliphatic carbocycles. The minimum absolute atomic E-state index is 0.0209. The van der Waals surface area contributed by atoms with Crippen LogP contribution in [0.1, 0.15) is 0 Å². The molecule has 28 heavy (non-hydrogen) atoms. The molecule has 138 valence electrons. The maximum Gasteiger partial charge on any atom is 0.218 e. The average Bonchev–Trinajstić information content (AvgIpc) is 3.19. The summed E-state index contributed by atoms with van der Waals surface area (Å²) in [5.41, 5.74) is 3.18. The van der Waals surface area contributed by atoms with Crippen molar-refractivity contribution >= 4 is 17.8 Å². The summed E-state index contributed by atoms with van der Waals surface area (Å²) in [5.74, 6) is -0.0739. The predicted octanol–water partition coefficient (Wildman–Crippen LogP) is 3.64. The molecule has 0 saturated carbocycles. The summed E-state index contributed by atoms with van der Waals surface area (Å²) in [4.78, 5) is 17.2. The molecule has 0 bridgehead atoms. The summed E-state index contributed by atoms with van der Waals surface area (Å²) in [7, 11) is 0. The van der Waals surface area contributed by atoms with Crippen LogP contribution in [0.3, 0.4) is 0 Å². The van der Waals surface area contributed by atoms with Crippen LogP contribution in [-0.2, 0) is 4.79 Å². The number of nitrogens with zero attached hydrogens (tertiary/aromatic N) is 4. The monoisotopic (exact) mass is 372 g/mol. The molecule has 2 aromatic carbocycles. The summed E-state index contributed by atoms with van der Waals surface area (Å²) in [5, 5.41) is 24.1. The zero-order chi connectivity index (χ0) is 19.5. The Labute approximate surface area is 160 Å². The molecule has 2 N–H and O–H groups in total. The first-order valence-electron chi connectivity index (χ1n) is 8.49. The third-order valence-corrected chi connectivity index (χ3v) is 4.28. The van der Waals surface area contributed by atoms with Gasteiger partial charge in [-0.05, 0) is 48.5 Å². The number of benzene rings is 2. The number of phenolic OH excluding ortho intramolecular Hbond substituents is 2. The van der Waals surface area contributed by atoms with E-state index < -0.39 is 0 Å². The first-order valence-corrected chi connectivity index (χ1v) is 8.49. The lowest BCUT2D eigenvalue weighted by molar-refractivity contribution is -0.106. The van der Waals surface area contributed by atoms with Crippen LogP contribution in [0.15, 0.2) is 79.3 Å². The molecule has 0 spiro atoms. The first-order chi connectivity index (χ1) is 13.7. The van der Waals surface area contributed by atoms with Gasteiger partial charge in [0.2, 0.25) is 6.41 Å². The molecular weight excluding hydrogens is 356 g/mol. The van der Waals surface area contributed by atoms with Gasteiger partial charge in [-0.2, -0.15) is 5.10 Å². The Morgan fingerprint density at radius 3 is 2.54 bits per heavy atom. The van der Waals surface area contributed by atoms with Gasteiger partial charge >= 0.3 is 0 Å². The summed E-state index contributed by atoms with van der Waals surface area (Å²) in [6.07, 6.45) is 5.59. The second kappa shape index (κ2) is 7.24. The van der Waals surface area contributed by atoms with E-state index in [1.54, 1.807) is 47.5 Å². The summed E-state index contributed by atoms with van der Waals surface area (Å²) in [6.45, 7) is 0. The van der Waals surface area contributed by atoms with Crippen LogP contribution in [0.2, 0.25) is 0 Å². The van der Waals surface area contributed by atoms with Gasteiger partial charge < -0.3 is 10.2 Å². The van der Waals surface area contributed by atoms with Gasteiger partial charge in [-0.25, -0.2) is 4.68 Å². The minimum Gasteiger partial charge on any atom is -0.508 e. The van der Waals surface area contributed by atoms with Crippen molar-refractivity contribution in [3.63, 3.8) is 0 Å². The Morgan fingerprint density at radius 1 is 0.929 bits per heavy atom. The highest BCUT2D eigenvalue weighted by Crippen LogP contribution is 2.34. The number of amides is 1. The van der Waals surface area contributed by atoms with Crippen molar-refractivity contribution < 1.29 is 15.0 Å². The maximum atomic E-state index is 11.7. The van der Waals surface area contributed by atoms with Gasteiger partial charge in [-0.1, -0.05) is 6.07 Å². The number of hydrogen-bond donors (Lipinski definition) is 2. The number of aromatic nitrogens is 3. The third kappa shape index (κ3) is 3.16. The number of anilines is 2. The number of carbonyl (C=O) groups excluding carboxylic acids is 1. The van der Waals surface area contributed by atoms with Crippen LogP contribution in [0, 0.1) is 0 Å². The molecule has 7 nitrogen and oxygen atoms in total. The van der Waals surface area contributed by atoms with Crippen LogP contribution in [-0.4, -0.2) is 31.4 Å². The van der Waals surface area contributed by atoms with Gasteiger partial charge in [0.15, 0.2) is 0 Å². The molecule has 0 aliphatic rings. The van der Waals surface area contributed by atoms with Crippen molar-refractivity contribution in [3.05, 3.63) is 79.3 Å². The van der Waals surface area contributed by atoms with E-state index in [0.29, 0.717) is 28.3 Å². The smallest absolute Gasteiger partial charge is 0.218 e. The molecular formula is C21H16N4O3. The molecule has 4 rings (SSSR count). The van der Waals surface area contributed by atoms with Gasteiger partial charge in [0.1, 0.15) is 11.5 Å². The lowest BCUT2D eigenvalue weighted by Crippen LogP contribution is -2.14. The number of rotatable bonds is 5. The molecule has 0 saturated heterocycles. The SMILES string of the molecule is O=CN(c1cccnc1)c1cccc(-n2nccc2-c2ccc(O)cc2O)c1. The van der Waals surface area contributed by atoms with E-state index in [0.717, 1.165) is 6.41 Å². The zero-order valence-corrected chi connectivity index (χ0v) is 14.7. The topological polar surface area (TPSA) is 91.5 Å². The fourth-order valence-electron chi connectivity index (χ4n) is 2.99.